The maximum absolute atomic E-state index is 12.1. The van der Waals surface area contributed by atoms with Gasteiger partial charge in [0.05, 0.1) is 4.90 Å². The normalized spacial score (nSPS) is 11.7. The van der Waals surface area contributed by atoms with Crippen molar-refractivity contribution in [2.75, 3.05) is 13.2 Å². The van der Waals surface area contributed by atoms with Gasteiger partial charge < -0.3 is 5.11 Å². The lowest BCUT2D eigenvalue weighted by Gasteiger charge is -2.07. The van der Waals surface area contributed by atoms with E-state index in [0.29, 0.717) is 19.4 Å². The molecule has 4 nitrogen and oxygen atoms in total. The van der Waals surface area contributed by atoms with Crippen LogP contribution in [-0.4, -0.2) is 26.7 Å². The van der Waals surface area contributed by atoms with E-state index in [0.717, 1.165) is 10.4 Å². The number of hydrogen-bond donors (Lipinski definition) is 2. The molecular formula is C14H17NO3S2. The Hall–Kier alpha value is -1.21. The second kappa shape index (κ2) is 6.99. The van der Waals surface area contributed by atoms with Crippen LogP contribution in [0.1, 0.15) is 10.4 Å². The van der Waals surface area contributed by atoms with E-state index >= 15 is 0 Å². The van der Waals surface area contributed by atoms with E-state index in [1.54, 1.807) is 35.6 Å². The summed E-state index contributed by atoms with van der Waals surface area (Å²) in [5.41, 5.74) is 0.921. The highest BCUT2D eigenvalue weighted by Gasteiger charge is 2.13. The summed E-state index contributed by atoms with van der Waals surface area (Å²) in [5, 5.41) is 10.8. The van der Waals surface area contributed by atoms with E-state index in [9.17, 15) is 8.42 Å². The fraction of sp³-hybridized carbons (Fsp3) is 0.286. The van der Waals surface area contributed by atoms with Crippen molar-refractivity contribution in [3.8, 4) is 0 Å². The van der Waals surface area contributed by atoms with Crippen LogP contribution in [0.4, 0.5) is 0 Å². The molecule has 0 amide bonds. The smallest absolute Gasteiger partial charge is 0.240 e. The van der Waals surface area contributed by atoms with Crippen molar-refractivity contribution in [3.05, 3.63) is 52.2 Å². The molecular weight excluding hydrogens is 294 g/mol. The summed E-state index contributed by atoms with van der Waals surface area (Å²) >= 11 is 1.62. The zero-order valence-corrected chi connectivity index (χ0v) is 12.6. The van der Waals surface area contributed by atoms with Gasteiger partial charge in [0.1, 0.15) is 0 Å². The maximum atomic E-state index is 12.1. The van der Waals surface area contributed by atoms with Crippen LogP contribution in [0.5, 0.6) is 0 Å². The van der Waals surface area contributed by atoms with E-state index in [4.69, 9.17) is 5.11 Å². The average molecular weight is 311 g/mol. The first-order valence-electron chi connectivity index (χ1n) is 6.34. The van der Waals surface area contributed by atoms with E-state index in [2.05, 4.69) is 4.72 Å². The molecule has 1 aromatic heterocycles. The van der Waals surface area contributed by atoms with Gasteiger partial charge >= 0.3 is 0 Å². The summed E-state index contributed by atoms with van der Waals surface area (Å²) in [4.78, 5) is 1.41. The standard InChI is InChI=1S/C14H17NO3S2/c16-10-8-12-3-5-14(6-4-12)20(17,18)15-9-7-13-2-1-11-19-13/h1-6,11,15-16H,7-10H2. The third-order valence-electron chi connectivity index (χ3n) is 2.88. The Kier molecular flexibility index (Phi) is 5.31. The molecule has 0 bridgehead atoms. The van der Waals surface area contributed by atoms with Crippen LogP contribution >= 0.6 is 11.3 Å². The van der Waals surface area contributed by atoms with Crippen LogP contribution in [0.15, 0.2) is 46.7 Å². The minimum atomic E-state index is -3.45. The number of aliphatic hydroxyl groups excluding tert-OH is 1. The van der Waals surface area contributed by atoms with Gasteiger partial charge in [-0.05, 0) is 42.0 Å². The van der Waals surface area contributed by atoms with Crippen molar-refractivity contribution >= 4 is 21.4 Å². The number of hydrogen-bond acceptors (Lipinski definition) is 4. The van der Waals surface area contributed by atoms with E-state index in [1.807, 2.05) is 17.5 Å². The summed E-state index contributed by atoms with van der Waals surface area (Å²) in [6.45, 7) is 0.451. The first kappa shape index (κ1) is 15.2. The number of benzene rings is 1. The quantitative estimate of drug-likeness (QED) is 0.819. The SMILES string of the molecule is O=S(=O)(NCCc1cccs1)c1ccc(CCO)cc1. The van der Waals surface area contributed by atoms with Gasteiger partial charge in [-0.3, -0.25) is 0 Å². The summed E-state index contributed by atoms with van der Waals surface area (Å²) in [7, 11) is -3.45. The molecule has 0 aliphatic carbocycles. The van der Waals surface area contributed by atoms with Crippen molar-refractivity contribution < 1.29 is 13.5 Å². The predicted molar refractivity (Wildman–Crippen MR) is 80.4 cm³/mol. The van der Waals surface area contributed by atoms with Gasteiger partial charge in [0.25, 0.3) is 0 Å². The molecule has 0 atom stereocenters. The Morgan fingerprint density at radius 3 is 2.45 bits per heavy atom. The lowest BCUT2D eigenvalue weighted by Crippen LogP contribution is -2.25. The predicted octanol–water partition coefficient (Wildman–Crippen LogP) is 1.80. The Morgan fingerprint density at radius 1 is 1.10 bits per heavy atom. The van der Waals surface area contributed by atoms with Crippen LogP contribution in [0, 0.1) is 0 Å². The molecule has 0 saturated heterocycles. The van der Waals surface area contributed by atoms with Gasteiger partial charge in [-0.1, -0.05) is 18.2 Å². The van der Waals surface area contributed by atoms with E-state index in [1.165, 1.54) is 0 Å². The molecule has 20 heavy (non-hydrogen) atoms. The lowest BCUT2D eigenvalue weighted by atomic mass is 10.2. The number of nitrogens with one attached hydrogen (secondary N) is 1. The Bertz CT molecular complexity index is 619. The van der Waals surface area contributed by atoms with Gasteiger partial charge in [0.15, 0.2) is 0 Å². The fourth-order valence-electron chi connectivity index (χ4n) is 1.81. The van der Waals surface area contributed by atoms with Crippen LogP contribution < -0.4 is 4.72 Å². The monoisotopic (exact) mass is 311 g/mol. The number of rotatable bonds is 7. The minimum Gasteiger partial charge on any atom is -0.396 e. The zero-order valence-electron chi connectivity index (χ0n) is 11.0. The van der Waals surface area contributed by atoms with Gasteiger partial charge in [0.2, 0.25) is 10.0 Å². The highest BCUT2D eigenvalue weighted by Crippen LogP contribution is 2.12. The highest BCUT2D eigenvalue weighted by molar-refractivity contribution is 7.89. The topological polar surface area (TPSA) is 66.4 Å². The van der Waals surface area contributed by atoms with Crippen molar-refractivity contribution in [1.29, 1.82) is 0 Å². The molecule has 0 aliphatic rings. The van der Waals surface area contributed by atoms with E-state index < -0.39 is 10.0 Å². The highest BCUT2D eigenvalue weighted by atomic mass is 32.2. The summed E-state index contributed by atoms with van der Waals surface area (Å²) < 4.78 is 26.7. The summed E-state index contributed by atoms with van der Waals surface area (Å²) in [5.74, 6) is 0. The van der Waals surface area contributed by atoms with Crippen LogP contribution in [-0.2, 0) is 22.9 Å². The Labute approximate surface area is 123 Å². The molecule has 1 aromatic carbocycles. The molecule has 1 heterocycles. The number of aliphatic hydroxyl groups is 1. The second-order valence-corrected chi connectivity index (χ2v) is 7.14. The first-order chi connectivity index (χ1) is 9.62. The van der Waals surface area contributed by atoms with Crippen LogP contribution in [0.3, 0.4) is 0 Å². The fourth-order valence-corrected chi connectivity index (χ4v) is 3.55. The van der Waals surface area contributed by atoms with Crippen LogP contribution in [0.2, 0.25) is 0 Å². The number of sulfonamides is 1. The molecule has 0 fully saturated rings. The molecule has 2 N–H and O–H groups in total. The lowest BCUT2D eigenvalue weighted by molar-refractivity contribution is 0.299. The third kappa shape index (κ3) is 4.14. The van der Waals surface area contributed by atoms with Gasteiger partial charge in [-0.25, -0.2) is 13.1 Å². The van der Waals surface area contributed by atoms with Gasteiger partial charge in [-0.15, -0.1) is 11.3 Å². The minimum absolute atomic E-state index is 0.0607. The molecule has 2 aromatic rings. The summed E-state index contributed by atoms with van der Waals surface area (Å²) in [6, 6.07) is 10.5. The zero-order chi connectivity index (χ0) is 14.4. The second-order valence-electron chi connectivity index (χ2n) is 4.34. The molecule has 2 rings (SSSR count). The van der Waals surface area contributed by atoms with Crippen LogP contribution in [0.25, 0.3) is 0 Å². The Morgan fingerprint density at radius 2 is 1.85 bits per heavy atom. The molecule has 0 unspecified atom stereocenters. The average Bonchev–Trinajstić information content (AvgIpc) is 2.93. The van der Waals surface area contributed by atoms with Crippen molar-refractivity contribution in [2.24, 2.45) is 0 Å². The molecule has 0 radical (unpaired) electrons. The van der Waals surface area contributed by atoms with Gasteiger partial charge in [-0.2, -0.15) is 0 Å². The van der Waals surface area contributed by atoms with Gasteiger partial charge in [0, 0.05) is 18.0 Å². The summed E-state index contributed by atoms with van der Waals surface area (Å²) in [6.07, 6.45) is 1.23. The molecule has 0 saturated carbocycles. The molecule has 0 aliphatic heterocycles. The third-order valence-corrected chi connectivity index (χ3v) is 5.29. The largest absolute Gasteiger partial charge is 0.396 e. The van der Waals surface area contributed by atoms with Crippen molar-refractivity contribution in [2.45, 2.75) is 17.7 Å². The van der Waals surface area contributed by atoms with Crippen molar-refractivity contribution in [1.82, 2.24) is 4.72 Å². The molecule has 108 valence electrons. The van der Waals surface area contributed by atoms with E-state index in [-0.39, 0.29) is 11.5 Å². The number of thiophene rings is 1. The first-order valence-corrected chi connectivity index (χ1v) is 8.70. The van der Waals surface area contributed by atoms with Crippen molar-refractivity contribution in [3.63, 3.8) is 0 Å². The molecule has 6 heteroatoms. The Balaban J connectivity index is 1.95. The molecule has 0 spiro atoms. The maximum Gasteiger partial charge on any atom is 0.240 e.